The molecular weight excluding hydrogens is 424 g/mol. The first kappa shape index (κ1) is 21.8. The highest BCUT2D eigenvalue weighted by atomic mass is 35.5. The smallest absolute Gasteiger partial charge is 0.422 e. The van der Waals surface area contributed by atoms with E-state index in [4.69, 9.17) is 23.2 Å². The van der Waals surface area contributed by atoms with Crippen LogP contribution in [0, 0.1) is 0 Å². The van der Waals surface area contributed by atoms with Crippen LogP contribution in [-0.4, -0.2) is 41.1 Å². The highest BCUT2D eigenvalue weighted by Gasteiger charge is 2.29. The lowest BCUT2D eigenvalue weighted by molar-refractivity contribution is -0.160. The number of aromatic nitrogens is 2. The van der Waals surface area contributed by atoms with Crippen molar-refractivity contribution in [2.24, 2.45) is 0 Å². The van der Waals surface area contributed by atoms with Gasteiger partial charge < -0.3 is 15.4 Å². The fraction of sp³-hybridized carbons (Fsp3) is 0.312. The van der Waals surface area contributed by atoms with Gasteiger partial charge in [-0.05, 0) is 11.6 Å². The van der Waals surface area contributed by atoms with Gasteiger partial charge in [-0.3, -0.25) is 4.79 Å². The van der Waals surface area contributed by atoms with Crippen LogP contribution in [0.4, 0.5) is 23.8 Å². The van der Waals surface area contributed by atoms with Crippen LogP contribution in [-0.2, 0) is 16.1 Å². The first-order valence-corrected chi connectivity index (χ1v) is 8.63. The molecule has 2 amide bonds. The van der Waals surface area contributed by atoms with Crippen LogP contribution < -0.4 is 10.6 Å². The Morgan fingerprint density at radius 3 is 2.68 bits per heavy atom. The first-order chi connectivity index (χ1) is 13.2. The highest BCUT2D eigenvalue weighted by molar-refractivity contribution is 6.42. The van der Waals surface area contributed by atoms with Crippen LogP contribution >= 0.6 is 23.2 Å². The lowest BCUT2D eigenvalue weighted by atomic mass is 10.2. The Balaban J connectivity index is 1.83. The molecule has 12 heteroatoms. The Hall–Kier alpha value is -2.46. The Bertz CT molecular complexity index is 843. The number of halogens is 5. The van der Waals surface area contributed by atoms with Crippen LogP contribution in [0.1, 0.15) is 12.0 Å². The number of alkyl halides is 3. The molecule has 0 bridgehead atoms. The van der Waals surface area contributed by atoms with Gasteiger partial charge in [0.25, 0.3) is 0 Å². The summed E-state index contributed by atoms with van der Waals surface area (Å²) < 4.78 is 41.2. The van der Waals surface area contributed by atoms with E-state index in [-0.39, 0.29) is 19.5 Å². The van der Waals surface area contributed by atoms with Crippen molar-refractivity contribution in [2.75, 3.05) is 18.5 Å². The predicted octanol–water partition coefficient (Wildman–Crippen LogP) is 3.86. The summed E-state index contributed by atoms with van der Waals surface area (Å²) in [5, 5.41) is 9.50. The number of anilines is 1. The molecule has 0 aliphatic heterocycles. The van der Waals surface area contributed by atoms with Crippen molar-refractivity contribution >= 4 is 41.0 Å². The third-order valence-corrected chi connectivity index (χ3v) is 4.18. The molecule has 0 radical (unpaired) electrons. The van der Waals surface area contributed by atoms with E-state index >= 15 is 0 Å². The van der Waals surface area contributed by atoms with E-state index in [1.807, 2.05) is 0 Å². The summed E-state index contributed by atoms with van der Waals surface area (Å²) >= 11 is 12.1. The zero-order chi connectivity index (χ0) is 20.7. The maximum Gasteiger partial charge on any atom is 0.422 e. The van der Waals surface area contributed by atoms with Crippen molar-refractivity contribution in [1.29, 1.82) is 0 Å². The summed E-state index contributed by atoms with van der Waals surface area (Å²) in [5.74, 6) is -0.101. The molecule has 2 N–H and O–H groups in total. The normalized spacial score (nSPS) is 11.2. The van der Waals surface area contributed by atoms with Gasteiger partial charge in [0.15, 0.2) is 6.61 Å². The number of amides is 2. The van der Waals surface area contributed by atoms with E-state index < -0.39 is 24.8 Å². The number of hydrogen-bond donors (Lipinski definition) is 2. The standard InChI is InChI=1S/C16H15Cl2F3N4O3/c17-11-3-1-2-10(14(11)18)8-25-12(4-7-23-25)24-13(26)5-6-22-15(27)28-9-16(19,20)21/h1-4,7H,5-6,8-9H2,(H,22,27)(H,24,26). The van der Waals surface area contributed by atoms with Crippen molar-refractivity contribution < 1.29 is 27.5 Å². The van der Waals surface area contributed by atoms with Crippen LogP contribution in [0.15, 0.2) is 30.5 Å². The minimum absolute atomic E-state index is 0.176. The fourth-order valence-electron chi connectivity index (χ4n) is 2.08. The van der Waals surface area contributed by atoms with Crippen molar-refractivity contribution in [2.45, 2.75) is 19.1 Å². The average Bonchev–Trinajstić information content (AvgIpc) is 3.03. The fourth-order valence-corrected chi connectivity index (χ4v) is 2.46. The lowest BCUT2D eigenvalue weighted by Gasteiger charge is -2.11. The minimum atomic E-state index is -4.61. The summed E-state index contributed by atoms with van der Waals surface area (Å²) in [4.78, 5) is 23.1. The quantitative estimate of drug-likeness (QED) is 0.687. The van der Waals surface area contributed by atoms with Gasteiger partial charge >= 0.3 is 12.3 Å². The monoisotopic (exact) mass is 438 g/mol. The Morgan fingerprint density at radius 2 is 1.96 bits per heavy atom. The molecule has 1 aromatic heterocycles. The topological polar surface area (TPSA) is 85.2 Å². The molecule has 0 unspecified atom stereocenters. The van der Waals surface area contributed by atoms with Gasteiger partial charge in [-0.25, -0.2) is 9.48 Å². The average molecular weight is 439 g/mol. The minimum Gasteiger partial charge on any atom is -0.440 e. The molecule has 0 aliphatic carbocycles. The summed E-state index contributed by atoms with van der Waals surface area (Å²) in [5.41, 5.74) is 0.697. The molecule has 0 atom stereocenters. The zero-order valence-electron chi connectivity index (χ0n) is 14.2. The van der Waals surface area contributed by atoms with Gasteiger partial charge in [0.05, 0.1) is 22.8 Å². The maximum absolute atomic E-state index is 12.0. The molecule has 2 rings (SSSR count). The number of rotatable bonds is 7. The van der Waals surface area contributed by atoms with E-state index in [9.17, 15) is 22.8 Å². The second-order valence-electron chi connectivity index (χ2n) is 5.50. The van der Waals surface area contributed by atoms with E-state index in [1.54, 1.807) is 24.3 Å². The molecule has 152 valence electrons. The highest BCUT2D eigenvalue weighted by Crippen LogP contribution is 2.26. The van der Waals surface area contributed by atoms with Crippen LogP contribution in [0.5, 0.6) is 0 Å². The zero-order valence-corrected chi connectivity index (χ0v) is 15.7. The number of alkyl carbamates (subject to hydrolysis) is 1. The van der Waals surface area contributed by atoms with Gasteiger partial charge in [-0.15, -0.1) is 0 Å². The predicted molar refractivity (Wildman–Crippen MR) is 96.4 cm³/mol. The molecule has 0 spiro atoms. The van der Waals surface area contributed by atoms with Gasteiger partial charge in [0, 0.05) is 19.0 Å². The summed E-state index contributed by atoms with van der Waals surface area (Å²) in [6.45, 7) is -1.64. The number of benzene rings is 1. The number of carbonyl (C=O) groups excluding carboxylic acids is 2. The van der Waals surface area contributed by atoms with Crippen molar-refractivity contribution in [3.05, 3.63) is 46.1 Å². The van der Waals surface area contributed by atoms with Crippen LogP contribution in [0.3, 0.4) is 0 Å². The van der Waals surface area contributed by atoms with E-state index in [0.29, 0.717) is 21.4 Å². The van der Waals surface area contributed by atoms with Crippen LogP contribution in [0.25, 0.3) is 0 Å². The number of carbonyl (C=O) groups is 2. The third kappa shape index (κ3) is 6.93. The van der Waals surface area contributed by atoms with Gasteiger partial charge in [0.1, 0.15) is 5.82 Å². The Labute approximate surface area is 167 Å². The Kier molecular flexibility index (Phi) is 7.53. The van der Waals surface area contributed by atoms with E-state index in [1.165, 1.54) is 10.9 Å². The molecule has 28 heavy (non-hydrogen) atoms. The van der Waals surface area contributed by atoms with Gasteiger partial charge in [-0.1, -0.05) is 35.3 Å². The van der Waals surface area contributed by atoms with Gasteiger partial charge in [0.2, 0.25) is 5.91 Å². The molecule has 0 aliphatic rings. The molecular formula is C16H15Cl2F3N4O3. The summed E-state index contributed by atoms with van der Waals surface area (Å²) in [6.07, 6.45) is -4.57. The molecule has 0 saturated heterocycles. The van der Waals surface area contributed by atoms with Crippen molar-refractivity contribution in [1.82, 2.24) is 15.1 Å². The maximum atomic E-state index is 12.0. The SMILES string of the molecule is O=C(CCNC(=O)OCC(F)(F)F)Nc1ccnn1Cc1cccc(Cl)c1Cl. The molecule has 0 saturated carbocycles. The van der Waals surface area contributed by atoms with Gasteiger partial charge in [-0.2, -0.15) is 18.3 Å². The largest absolute Gasteiger partial charge is 0.440 e. The molecule has 0 fully saturated rings. The summed E-state index contributed by atoms with van der Waals surface area (Å²) in [7, 11) is 0. The first-order valence-electron chi connectivity index (χ1n) is 7.87. The lowest BCUT2D eigenvalue weighted by Crippen LogP contribution is -2.31. The molecule has 7 nitrogen and oxygen atoms in total. The third-order valence-electron chi connectivity index (χ3n) is 3.32. The van der Waals surface area contributed by atoms with Crippen molar-refractivity contribution in [3.63, 3.8) is 0 Å². The molecule has 1 heterocycles. The summed E-state index contributed by atoms with van der Waals surface area (Å²) in [6, 6.07) is 6.69. The molecule has 2 aromatic rings. The Morgan fingerprint density at radius 1 is 1.21 bits per heavy atom. The molecule has 1 aromatic carbocycles. The number of nitrogens with zero attached hydrogens (tertiary/aromatic N) is 2. The second kappa shape index (κ2) is 9.65. The number of ether oxygens (including phenoxy) is 1. The number of hydrogen-bond acceptors (Lipinski definition) is 4. The van der Waals surface area contributed by atoms with E-state index in [0.717, 1.165) is 0 Å². The number of nitrogens with one attached hydrogen (secondary N) is 2. The second-order valence-corrected chi connectivity index (χ2v) is 6.29. The van der Waals surface area contributed by atoms with Crippen molar-refractivity contribution in [3.8, 4) is 0 Å². The van der Waals surface area contributed by atoms with E-state index in [2.05, 4.69) is 20.5 Å². The van der Waals surface area contributed by atoms with Crippen LogP contribution in [0.2, 0.25) is 10.0 Å².